The molecule has 1 N–H and O–H groups in total. The van der Waals surface area contributed by atoms with Gasteiger partial charge >= 0.3 is 6.03 Å². The molecule has 6 nitrogen and oxygen atoms in total. The number of hydrogen-bond acceptors (Lipinski definition) is 3. The number of imide groups is 1. The van der Waals surface area contributed by atoms with Crippen molar-refractivity contribution in [1.29, 1.82) is 0 Å². The molecule has 0 saturated carbocycles. The summed E-state index contributed by atoms with van der Waals surface area (Å²) in [6.07, 6.45) is 1.27. The summed E-state index contributed by atoms with van der Waals surface area (Å²) in [7, 11) is 1.89. The Morgan fingerprint density at radius 1 is 1.23 bits per heavy atom. The maximum Gasteiger partial charge on any atom is 0.325 e. The first-order valence-electron chi connectivity index (χ1n) is 8.74. The van der Waals surface area contributed by atoms with E-state index in [1.54, 1.807) is 6.07 Å². The van der Waals surface area contributed by atoms with Gasteiger partial charge in [-0.05, 0) is 43.9 Å². The zero-order valence-corrected chi connectivity index (χ0v) is 15.1. The number of fused-ring (bicyclic) bond motifs is 2. The number of rotatable bonds is 3. The van der Waals surface area contributed by atoms with Crippen LogP contribution in [0, 0.1) is 13.8 Å². The Hall–Kier alpha value is -2.89. The SMILES string of the molecule is Cc1cc(C(=O)CN2C(=O)NC3(CCc4ccccc43)C2=O)c(C)n1C. The van der Waals surface area contributed by atoms with E-state index in [1.165, 1.54) is 0 Å². The van der Waals surface area contributed by atoms with Crippen molar-refractivity contribution in [2.24, 2.45) is 7.05 Å². The van der Waals surface area contributed by atoms with Crippen molar-refractivity contribution in [1.82, 2.24) is 14.8 Å². The van der Waals surface area contributed by atoms with Crippen molar-refractivity contribution >= 4 is 17.7 Å². The molecule has 26 heavy (non-hydrogen) atoms. The standard InChI is InChI=1S/C20H21N3O3/c1-12-10-15(13(2)22(12)3)17(24)11-23-18(25)20(21-19(23)26)9-8-14-6-4-5-7-16(14)20/h4-7,10H,8-9,11H2,1-3H3,(H,21,26). The van der Waals surface area contributed by atoms with Gasteiger partial charge in [0.15, 0.2) is 5.78 Å². The second-order valence-electron chi connectivity index (χ2n) is 7.15. The average Bonchev–Trinajstić information content (AvgIpc) is 3.20. The third-order valence-electron chi connectivity index (χ3n) is 5.80. The Morgan fingerprint density at radius 2 is 1.96 bits per heavy atom. The Morgan fingerprint density at radius 3 is 2.65 bits per heavy atom. The van der Waals surface area contributed by atoms with Crippen molar-refractivity contribution < 1.29 is 14.4 Å². The van der Waals surface area contributed by atoms with Gasteiger partial charge in [0.1, 0.15) is 5.54 Å². The largest absolute Gasteiger partial charge is 0.351 e. The maximum absolute atomic E-state index is 13.1. The van der Waals surface area contributed by atoms with Gasteiger partial charge in [-0.1, -0.05) is 24.3 Å². The number of nitrogens with zero attached hydrogens (tertiary/aromatic N) is 2. The van der Waals surface area contributed by atoms with E-state index in [0.29, 0.717) is 12.0 Å². The summed E-state index contributed by atoms with van der Waals surface area (Å²) in [6.45, 7) is 3.54. The smallest absolute Gasteiger partial charge is 0.325 e. The molecule has 1 aliphatic heterocycles. The number of carbonyl (C=O) groups excluding carboxylic acids is 3. The highest BCUT2D eigenvalue weighted by molar-refractivity contribution is 6.12. The molecule has 6 heteroatoms. The number of carbonyl (C=O) groups is 3. The number of urea groups is 1. The minimum absolute atomic E-state index is 0.224. The van der Waals surface area contributed by atoms with Gasteiger partial charge < -0.3 is 9.88 Å². The number of amides is 3. The summed E-state index contributed by atoms with van der Waals surface area (Å²) in [5.41, 5.74) is 3.25. The van der Waals surface area contributed by atoms with Gasteiger partial charge in [0.2, 0.25) is 0 Å². The van der Waals surface area contributed by atoms with Crippen LogP contribution >= 0.6 is 0 Å². The second kappa shape index (κ2) is 5.56. The topological polar surface area (TPSA) is 71.4 Å². The maximum atomic E-state index is 13.1. The van der Waals surface area contributed by atoms with Gasteiger partial charge in [-0.15, -0.1) is 0 Å². The van der Waals surface area contributed by atoms with Crippen molar-refractivity contribution in [3.63, 3.8) is 0 Å². The van der Waals surface area contributed by atoms with E-state index in [1.807, 2.05) is 49.7 Å². The zero-order valence-electron chi connectivity index (χ0n) is 15.1. The second-order valence-corrected chi connectivity index (χ2v) is 7.15. The Bertz CT molecular complexity index is 959. The van der Waals surface area contributed by atoms with Gasteiger partial charge in [-0.25, -0.2) is 4.79 Å². The third kappa shape index (κ3) is 2.14. The van der Waals surface area contributed by atoms with Crippen molar-refractivity contribution in [2.45, 2.75) is 32.2 Å². The summed E-state index contributed by atoms with van der Waals surface area (Å²) < 4.78 is 1.92. The Labute approximate surface area is 151 Å². The van der Waals surface area contributed by atoms with E-state index < -0.39 is 11.6 Å². The lowest BCUT2D eigenvalue weighted by atomic mass is 9.92. The summed E-state index contributed by atoms with van der Waals surface area (Å²) in [5, 5.41) is 2.85. The van der Waals surface area contributed by atoms with Crippen LogP contribution in [0.25, 0.3) is 0 Å². The molecule has 134 valence electrons. The highest BCUT2D eigenvalue weighted by Gasteiger charge is 2.55. The highest BCUT2D eigenvalue weighted by Crippen LogP contribution is 2.41. The molecule has 2 aromatic rings. The fraction of sp³-hybridized carbons (Fsp3) is 0.350. The molecular formula is C20H21N3O3. The van der Waals surface area contributed by atoms with E-state index in [4.69, 9.17) is 0 Å². The molecule has 0 radical (unpaired) electrons. The van der Waals surface area contributed by atoms with E-state index in [-0.39, 0.29) is 18.2 Å². The molecule has 1 aliphatic carbocycles. The molecule has 1 aromatic heterocycles. The molecule has 1 unspecified atom stereocenters. The number of aryl methyl sites for hydroxylation is 2. The summed E-state index contributed by atoms with van der Waals surface area (Å²) >= 11 is 0. The van der Waals surface area contributed by atoms with Crippen LogP contribution in [0.5, 0.6) is 0 Å². The number of nitrogens with one attached hydrogen (secondary N) is 1. The number of aromatic nitrogens is 1. The van der Waals surface area contributed by atoms with Crippen molar-refractivity contribution in [3.05, 3.63) is 58.4 Å². The fourth-order valence-corrected chi connectivity index (χ4v) is 4.10. The van der Waals surface area contributed by atoms with Gasteiger partial charge in [0.05, 0.1) is 6.54 Å². The monoisotopic (exact) mass is 351 g/mol. The van der Waals surface area contributed by atoms with Crippen LogP contribution in [0.3, 0.4) is 0 Å². The molecule has 1 atom stereocenters. The fourth-order valence-electron chi connectivity index (χ4n) is 4.10. The van der Waals surface area contributed by atoms with E-state index >= 15 is 0 Å². The van der Waals surface area contributed by atoms with Crippen LogP contribution in [-0.2, 0) is 23.8 Å². The van der Waals surface area contributed by atoms with Crippen molar-refractivity contribution in [2.75, 3.05) is 6.54 Å². The number of hydrogen-bond donors (Lipinski definition) is 1. The molecule has 4 rings (SSSR count). The van der Waals surface area contributed by atoms with E-state index in [2.05, 4.69) is 5.32 Å². The van der Waals surface area contributed by atoms with Gasteiger partial charge in [-0.3, -0.25) is 14.5 Å². The van der Waals surface area contributed by atoms with Crippen LogP contribution in [0.2, 0.25) is 0 Å². The molecule has 3 amide bonds. The highest BCUT2D eigenvalue weighted by atomic mass is 16.2. The molecular weight excluding hydrogens is 330 g/mol. The molecule has 1 saturated heterocycles. The van der Waals surface area contributed by atoms with E-state index in [9.17, 15) is 14.4 Å². The van der Waals surface area contributed by atoms with Gasteiger partial charge in [-0.2, -0.15) is 0 Å². The third-order valence-corrected chi connectivity index (χ3v) is 5.80. The van der Waals surface area contributed by atoms with Gasteiger partial charge in [0, 0.05) is 24.0 Å². The molecule has 1 spiro atoms. The minimum atomic E-state index is -1.02. The quantitative estimate of drug-likeness (QED) is 0.681. The minimum Gasteiger partial charge on any atom is -0.351 e. The predicted octanol–water partition coefficient (Wildman–Crippen LogP) is 2.22. The molecule has 2 aliphatic rings. The predicted molar refractivity (Wildman–Crippen MR) is 95.9 cm³/mol. The molecule has 1 aromatic carbocycles. The zero-order chi connectivity index (χ0) is 18.6. The molecule has 1 fully saturated rings. The first-order chi connectivity index (χ1) is 12.3. The molecule has 2 heterocycles. The van der Waals surface area contributed by atoms with Crippen molar-refractivity contribution in [3.8, 4) is 0 Å². The van der Waals surface area contributed by atoms with Crippen LogP contribution in [-0.4, -0.2) is 33.7 Å². The van der Waals surface area contributed by atoms with Crippen LogP contribution in [0.1, 0.15) is 39.3 Å². The first-order valence-corrected chi connectivity index (χ1v) is 8.74. The van der Waals surface area contributed by atoms with Crippen LogP contribution in [0.15, 0.2) is 30.3 Å². The first kappa shape index (κ1) is 16.6. The summed E-state index contributed by atoms with van der Waals surface area (Å²) in [4.78, 5) is 39.4. The van der Waals surface area contributed by atoms with Crippen LogP contribution in [0.4, 0.5) is 4.79 Å². The number of benzene rings is 1. The van der Waals surface area contributed by atoms with Gasteiger partial charge in [0.25, 0.3) is 5.91 Å². The van der Waals surface area contributed by atoms with E-state index in [0.717, 1.165) is 33.8 Å². The number of ketones is 1. The van der Waals surface area contributed by atoms with Crippen LogP contribution < -0.4 is 5.32 Å². The average molecular weight is 351 g/mol. The number of Topliss-reactive ketones (excluding diaryl/α,β-unsaturated/α-hetero) is 1. The normalized spacial score (nSPS) is 21.4. The molecule has 0 bridgehead atoms. The lowest BCUT2D eigenvalue weighted by molar-refractivity contribution is -0.131. The Balaban J connectivity index is 1.63. The lowest BCUT2D eigenvalue weighted by Gasteiger charge is -2.22. The summed E-state index contributed by atoms with van der Waals surface area (Å²) in [5.74, 6) is -0.552. The lowest BCUT2D eigenvalue weighted by Crippen LogP contribution is -2.42. The Kier molecular flexibility index (Phi) is 3.54. The summed E-state index contributed by atoms with van der Waals surface area (Å²) in [6, 6.07) is 8.97.